The molecule has 7 nitrogen and oxygen atoms in total. The molecule has 1 aromatic rings. The van der Waals surface area contributed by atoms with E-state index < -0.39 is 5.60 Å². The minimum absolute atomic E-state index is 0.00485. The number of esters is 1. The van der Waals surface area contributed by atoms with E-state index in [1.54, 1.807) is 11.1 Å². The minimum atomic E-state index is -0.552. The van der Waals surface area contributed by atoms with Gasteiger partial charge in [-0.15, -0.1) is 11.3 Å². The molecule has 2 heterocycles. The Morgan fingerprint density at radius 1 is 1.29 bits per heavy atom. The third kappa shape index (κ3) is 5.44. The highest BCUT2D eigenvalue weighted by Crippen LogP contribution is 2.38. The maximum absolute atomic E-state index is 12.8. The first-order valence-corrected chi connectivity index (χ1v) is 10.7. The molecule has 28 heavy (non-hydrogen) atoms. The highest BCUT2D eigenvalue weighted by molar-refractivity contribution is 7.11. The average Bonchev–Trinajstić information content (AvgIpc) is 3.21. The van der Waals surface area contributed by atoms with Crippen molar-refractivity contribution in [3.8, 4) is 0 Å². The molecular weight excluding hydrogens is 380 g/mol. The van der Waals surface area contributed by atoms with Crippen LogP contribution in [0, 0.1) is 0 Å². The van der Waals surface area contributed by atoms with Crippen LogP contribution in [0.4, 0.5) is 4.79 Å². The van der Waals surface area contributed by atoms with E-state index in [-0.39, 0.29) is 24.2 Å². The molecule has 2 atom stereocenters. The predicted octanol–water partition coefficient (Wildman–Crippen LogP) is 3.87. The Bertz CT molecular complexity index is 695. The molecule has 3 rings (SSSR count). The topological polar surface area (TPSA) is 78.0 Å². The molecule has 156 valence electrons. The first kappa shape index (κ1) is 21.0. The van der Waals surface area contributed by atoms with Gasteiger partial charge in [-0.05, 0) is 46.5 Å². The van der Waals surface area contributed by atoms with E-state index in [0.717, 1.165) is 29.1 Å². The standard InChI is InChI=1S/C20H30N2O5S/c1-20(2,3)27-19(24)22-12-14(26-13-6-5-7-13)10-16(22)18-21-11-15(28-18)8-9-17(23)25-4/h11,13-14,16H,5-10,12H2,1-4H3/t14-,16-/m0/s1. The number of likely N-dealkylation sites (tertiary alicyclic amines) is 1. The van der Waals surface area contributed by atoms with Gasteiger partial charge in [-0.3, -0.25) is 9.69 Å². The molecule has 1 aromatic heterocycles. The monoisotopic (exact) mass is 410 g/mol. The summed E-state index contributed by atoms with van der Waals surface area (Å²) in [7, 11) is 1.39. The van der Waals surface area contributed by atoms with Crippen molar-refractivity contribution in [1.82, 2.24) is 9.88 Å². The minimum Gasteiger partial charge on any atom is -0.469 e. The lowest BCUT2D eigenvalue weighted by Gasteiger charge is -2.29. The number of hydrogen-bond acceptors (Lipinski definition) is 7. The van der Waals surface area contributed by atoms with Gasteiger partial charge in [0, 0.05) is 17.5 Å². The van der Waals surface area contributed by atoms with E-state index in [1.165, 1.54) is 24.9 Å². The number of rotatable bonds is 6. The molecular formula is C20H30N2O5S. The SMILES string of the molecule is COC(=O)CCc1cnc([C@@H]2C[C@H](OC3CCC3)CN2C(=O)OC(C)(C)C)s1. The Hall–Kier alpha value is -1.67. The molecule has 0 bridgehead atoms. The number of aromatic nitrogens is 1. The number of thiazole rings is 1. The van der Waals surface area contributed by atoms with Crippen molar-refractivity contribution in [3.05, 3.63) is 16.1 Å². The van der Waals surface area contributed by atoms with E-state index in [1.807, 2.05) is 20.8 Å². The first-order valence-electron chi connectivity index (χ1n) is 9.91. The van der Waals surface area contributed by atoms with Gasteiger partial charge in [0.25, 0.3) is 0 Å². The molecule has 0 unspecified atom stereocenters. The Balaban J connectivity index is 1.70. The van der Waals surface area contributed by atoms with Crippen LogP contribution in [0.15, 0.2) is 6.20 Å². The van der Waals surface area contributed by atoms with Gasteiger partial charge in [-0.2, -0.15) is 0 Å². The quantitative estimate of drug-likeness (QED) is 0.663. The van der Waals surface area contributed by atoms with E-state index >= 15 is 0 Å². The number of amides is 1. The Labute approximate surface area is 170 Å². The Morgan fingerprint density at radius 2 is 2.04 bits per heavy atom. The number of hydrogen-bond donors (Lipinski definition) is 0. The third-order valence-corrected chi connectivity index (χ3v) is 6.15. The number of aryl methyl sites for hydroxylation is 1. The van der Waals surface area contributed by atoms with Gasteiger partial charge < -0.3 is 14.2 Å². The first-order chi connectivity index (χ1) is 13.2. The lowest BCUT2D eigenvalue weighted by Crippen LogP contribution is -2.38. The van der Waals surface area contributed by atoms with E-state index in [4.69, 9.17) is 14.2 Å². The molecule has 1 saturated carbocycles. The van der Waals surface area contributed by atoms with Crippen molar-refractivity contribution in [2.75, 3.05) is 13.7 Å². The number of nitrogens with zero attached hydrogens (tertiary/aromatic N) is 2. The second kappa shape index (κ2) is 8.78. The summed E-state index contributed by atoms with van der Waals surface area (Å²) in [4.78, 5) is 31.5. The smallest absolute Gasteiger partial charge is 0.410 e. The fraction of sp³-hybridized carbons (Fsp3) is 0.750. The van der Waals surface area contributed by atoms with Gasteiger partial charge in [0.05, 0.1) is 38.3 Å². The Morgan fingerprint density at radius 3 is 2.64 bits per heavy atom. The highest BCUT2D eigenvalue weighted by atomic mass is 32.1. The maximum Gasteiger partial charge on any atom is 0.410 e. The molecule has 1 amide bonds. The van der Waals surface area contributed by atoms with Crippen molar-refractivity contribution in [2.45, 2.75) is 83.1 Å². The molecule has 0 aromatic carbocycles. The number of carbonyl (C=O) groups excluding carboxylic acids is 2. The van der Waals surface area contributed by atoms with Gasteiger partial charge in [-0.25, -0.2) is 9.78 Å². The van der Waals surface area contributed by atoms with Crippen LogP contribution >= 0.6 is 11.3 Å². The zero-order valence-electron chi connectivity index (χ0n) is 17.1. The molecule has 0 spiro atoms. The van der Waals surface area contributed by atoms with E-state index in [2.05, 4.69) is 4.98 Å². The fourth-order valence-electron chi connectivity index (χ4n) is 3.35. The summed E-state index contributed by atoms with van der Waals surface area (Å²) in [5.41, 5.74) is -0.552. The van der Waals surface area contributed by atoms with Crippen LogP contribution in [-0.2, 0) is 25.4 Å². The van der Waals surface area contributed by atoms with Crippen LogP contribution in [0.3, 0.4) is 0 Å². The van der Waals surface area contributed by atoms with Gasteiger partial charge in [0.15, 0.2) is 0 Å². The summed E-state index contributed by atoms with van der Waals surface area (Å²) < 4.78 is 16.5. The summed E-state index contributed by atoms with van der Waals surface area (Å²) in [6.07, 6.45) is 6.83. The van der Waals surface area contributed by atoms with Gasteiger partial charge in [0.2, 0.25) is 0 Å². The maximum atomic E-state index is 12.8. The molecule has 8 heteroatoms. The van der Waals surface area contributed by atoms with Crippen LogP contribution in [0.5, 0.6) is 0 Å². The predicted molar refractivity (Wildman–Crippen MR) is 105 cm³/mol. The zero-order valence-corrected chi connectivity index (χ0v) is 17.9. The number of ether oxygens (including phenoxy) is 3. The average molecular weight is 411 g/mol. The lowest BCUT2D eigenvalue weighted by atomic mass is 9.96. The summed E-state index contributed by atoms with van der Waals surface area (Å²) in [6.45, 7) is 6.12. The van der Waals surface area contributed by atoms with Crippen molar-refractivity contribution >= 4 is 23.4 Å². The molecule has 2 aliphatic rings. The molecule has 1 saturated heterocycles. The van der Waals surface area contributed by atoms with Crippen molar-refractivity contribution in [1.29, 1.82) is 0 Å². The highest BCUT2D eigenvalue weighted by Gasteiger charge is 2.41. The van der Waals surface area contributed by atoms with Gasteiger partial charge in [-0.1, -0.05) is 0 Å². The van der Waals surface area contributed by atoms with Crippen molar-refractivity contribution < 1.29 is 23.8 Å². The van der Waals surface area contributed by atoms with Crippen LogP contribution in [-0.4, -0.2) is 53.4 Å². The normalized spacial score (nSPS) is 22.8. The second-order valence-corrected chi connectivity index (χ2v) is 9.58. The van der Waals surface area contributed by atoms with Crippen molar-refractivity contribution in [3.63, 3.8) is 0 Å². The van der Waals surface area contributed by atoms with Crippen LogP contribution in [0.2, 0.25) is 0 Å². The lowest BCUT2D eigenvalue weighted by molar-refractivity contribution is -0.140. The number of methoxy groups -OCH3 is 1. The molecule has 0 N–H and O–H groups in total. The summed E-state index contributed by atoms with van der Waals surface area (Å²) in [5.74, 6) is -0.236. The summed E-state index contributed by atoms with van der Waals surface area (Å²) >= 11 is 1.54. The molecule has 2 fully saturated rings. The fourth-order valence-corrected chi connectivity index (χ4v) is 4.39. The molecule has 1 aliphatic carbocycles. The summed E-state index contributed by atoms with van der Waals surface area (Å²) in [5, 5.41) is 0.866. The second-order valence-electron chi connectivity index (χ2n) is 8.44. The number of carbonyl (C=O) groups is 2. The summed E-state index contributed by atoms with van der Waals surface area (Å²) in [6, 6.07) is -0.156. The van der Waals surface area contributed by atoms with Crippen LogP contribution < -0.4 is 0 Å². The largest absolute Gasteiger partial charge is 0.469 e. The molecule has 0 radical (unpaired) electrons. The van der Waals surface area contributed by atoms with Gasteiger partial charge in [0.1, 0.15) is 10.6 Å². The zero-order chi connectivity index (χ0) is 20.3. The van der Waals surface area contributed by atoms with Crippen molar-refractivity contribution in [2.24, 2.45) is 0 Å². The van der Waals surface area contributed by atoms with Crippen LogP contribution in [0.25, 0.3) is 0 Å². The third-order valence-electron chi connectivity index (χ3n) is 4.99. The van der Waals surface area contributed by atoms with E-state index in [9.17, 15) is 9.59 Å². The molecule has 1 aliphatic heterocycles. The van der Waals surface area contributed by atoms with E-state index in [0.29, 0.717) is 25.5 Å². The van der Waals surface area contributed by atoms with Gasteiger partial charge >= 0.3 is 12.1 Å². The Kier molecular flexibility index (Phi) is 6.60. The van der Waals surface area contributed by atoms with Crippen LogP contribution in [0.1, 0.15) is 68.8 Å².